The predicted octanol–water partition coefficient (Wildman–Crippen LogP) is 4.65. The standard InChI is InChI=1S/C22H20ClF4N5O2/c1-31(17-10-8-15(20(33)34-2)19(17)12-3-5-13(24)6-4-12)18-11-14(7-9-16(18)23)32-21(22(25,26)27)28-29-30-32/h3-7,9,11,15,17,19H,8,10H2,1-2H3/t15-,17-,19+/m0/s1. The number of anilines is 1. The minimum absolute atomic E-state index is 0.0735. The Balaban J connectivity index is 1.73. The number of hydrogen-bond acceptors (Lipinski definition) is 6. The Morgan fingerprint density at radius 1 is 1.18 bits per heavy atom. The first kappa shape index (κ1) is 23.9. The van der Waals surface area contributed by atoms with Gasteiger partial charge in [0.15, 0.2) is 0 Å². The molecule has 7 nitrogen and oxygen atoms in total. The number of likely N-dealkylation sites (N-methyl/N-ethyl adjacent to an activating group) is 1. The third-order valence-electron chi connectivity index (χ3n) is 6.16. The molecule has 0 saturated heterocycles. The van der Waals surface area contributed by atoms with Gasteiger partial charge in [-0.25, -0.2) is 4.39 Å². The van der Waals surface area contributed by atoms with Gasteiger partial charge >= 0.3 is 12.1 Å². The third kappa shape index (κ3) is 4.44. The SMILES string of the molecule is COC(=O)[C@H]1CC[C@H](N(C)c2cc(-n3nnnc3C(F)(F)F)ccc2Cl)[C@@H]1c1ccc(F)cc1. The maximum atomic E-state index is 13.5. The van der Waals surface area contributed by atoms with Crippen LogP contribution in [-0.4, -0.2) is 46.4 Å². The van der Waals surface area contributed by atoms with Crippen LogP contribution in [0.4, 0.5) is 23.2 Å². The molecule has 1 heterocycles. The van der Waals surface area contributed by atoms with Gasteiger partial charge in [0.25, 0.3) is 5.82 Å². The molecule has 1 aliphatic carbocycles. The average molecular weight is 498 g/mol. The fourth-order valence-corrected chi connectivity index (χ4v) is 4.84. The number of carbonyl (C=O) groups is 1. The first-order valence-electron chi connectivity index (χ1n) is 10.3. The Bertz CT molecular complexity index is 1180. The summed E-state index contributed by atoms with van der Waals surface area (Å²) in [6, 6.07) is 9.93. The van der Waals surface area contributed by atoms with Gasteiger partial charge in [0.1, 0.15) is 5.82 Å². The number of aromatic nitrogens is 4. The summed E-state index contributed by atoms with van der Waals surface area (Å²) >= 11 is 6.44. The first-order valence-corrected chi connectivity index (χ1v) is 10.7. The highest BCUT2D eigenvalue weighted by atomic mass is 35.5. The molecule has 3 aromatic rings. The number of tetrazole rings is 1. The van der Waals surface area contributed by atoms with Crippen LogP contribution in [0.5, 0.6) is 0 Å². The van der Waals surface area contributed by atoms with Crippen molar-refractivity contribution in [2.75, 3.05) is 19.1 Å². The van der Waals surface area contributed by atoms with E-state index >= 15 is 0 Å². The van der Waals surface area contributed by atoms with E-state index in [1.807, 2.05) is 4.90 Å². The van der Waals surface area contributed by atoms with Crippen LogP contribution >= 0.6 is 11.6 Å². The fourth-order valence-electron chi connectivity index (χ4n) is 4.59. The van der Waals surface area contributed by atoms with Crippen LogP contribution in [0.3, 0.4) is 0 Å². The van der Waals surface area contributed by atoms with Crippen LogP contribution in [0.1, 0.15) is 30.1 Å². The van der Waals surface area contributed by atoms with Crippen LogP contribution in [0.25, 0.3) is 5.69 Å². The number of alkyl halides is 3. The van der Waals surface area contributed by atoms with Gasteiger partial charge in [-0.2, -0.15) is 17.9 Å². The molecule has 0 unspecified atom stereocenters. The highest BCUT2D eigenvalue weighted by Crippen LogP contribution is 2.45. The van der Waals surface area contributed by atoms with Crippen LogP contribution in [0.2, 0.25) is 5.02 Å². The van der Waals surface area contributed by atoms with Gasteiger partial charge < -0.3 is 9.64 Å². The topological polar surface area (TPSA) is 73.1 Å². The van der Waals surface area contributed by atoms with E-state index in [0.717, 1.165) is 5.56 Å². The number of ether oxygens (including phenoxy) is 1. The van der Waals surface area contributed by atoms with Crippen LogP contribution in [-0.2, 0) is 15.7 Å². The first-order chi connectivity index (χ1) is 16.1. The Hall–Kier alpha value is -3.21. The lowest BCUT2D eigenvalue weighted by Gasteiger charge is -2.34. The Morgan fingerprint density at radius 3 is 2.53 bits per heavy atom. The summed E-state index contributed by atoms with van der Waals surface area (Å²) in [6.45, 7) is 0. The highest BCUT2D eigenvalue weighted by molar-refractivity contribution is 6.33. The molecule has 0 N–H and O–H groups in total. The van der Waals surface area contributed by atoms with E-state index in [1.165, 1.54) is 37.4 Å². The zero-order valence-corrected chi connectivity index (χ0v) is 18.9. The molecule has 1 aromatic heterocycles. The van der Waals surface area contributed by atoms with E-state index in [0.29, 0.717) is 28.2 Å². The average Bonchev–Trinajstić information content (AvgIpc) is 3.47. The molecule has 1 fully saturated rings. The van der Waals surface area contributed by atoms with Crippen molar-refractivity contribution in [2.24, 2.45) is 5.92 Å². The van der Waals surface area contributed by atoms with Crippen molar-refractivity contribution in [3.8, 4) is 5.69 Å². The lowest BCUT2D eigenvalue weighted by molar-refractivity contribution is -0.147. The minimum atomic E-state index is -4.75. The molecule has 4 rings (SSSR count). The summed E-state index contributed by atoms with van der Waals surface area (Å²) < 4.78 is 59.0. The molecule has 0 spiro atoms. The number of rotatable bonds is 5. The van der Waals surface area contributed by atoms with Gasteiger partial charge in [-0.3, -0.25) is 4.79 Å². The molecule has 12 heteroatoms. The summed E-state index contributed by atoms with van der Waals surface area (Å²) in [5, 5.41) is 10.0. The molecule has 0 amide bonds. The molecule has 2 aromatic carbocycles. The van der Waals surface area contributed by atoms with Gasteiger partial charge in [0, 0.05) is 19.0 Å². The van der Waals surface area contributed by atoms with Gasteiger partial charge in [0.2, 0.25) is 0 Å². The number of carbonyl (C=O) groups excluding carboxylic acids is 1. The second-order valence-corrected chi connectivity index (χ2v) is 8.42. The third-order valence-corrected chi connectivity index (χ3v) is 6.47. The summed E-state index contributed by atoms with van der Waals surface area (Å²) in [4.78, 5) is 14.3. The Labute approximate surface area is 197 Å². The molecule has 1 saturated carbocycles. The summed E-state index contributed by atoms with van der Waals surface area (Å²) in [5.41, 5.74) is 1.26. The fraction of sp³-hybridized carbons (Fsp3) is 0.364. The molecule has 34 heavy (non-hydrogen) atoms. The Morgan fingerprint density at radius 2 is 1.88 bits per heavy atom. The number of methoxy groups -OCH3 is 1. The number of benzene rings is 2. The minimum Gasteiger partial charge on any atom is -0.469 e. The van der Waals surface area contributed by atoms with E-state index < -0.39 is 23.7 Å². The van der Waals surface area contributed by atoms with Crippen molar-refractivity contribution in [1.82, 2.24) is 20.2 Å². The van der Waals surface area contributed by atoms with Crippen molar-refractivity contribution >= 4 is 23.3 Å². The predicted molar refractivity (Wildman–Crippen MR) is 115 cm³/mol. The smallest absolute Gasteiger partial charge is 0.453 e. The summed E-state index contributed by atoms with van der Waals surface area (Å²) in [7, 11) is 3.06. The maximum Gasteiger partial charge on any atom is 0.453 e. The molecule has 180 valence electrons. The number of hydrogen-bond donors (Lipinski definition) is 0. The lowest BCUT2D eigenvalue weighted by Crippen LogP contribution is -2.36. The van der Waals surface area contributed by atoms with Crippen molar-refractivity contribution in [1.29, 1.82) is 0 Å². The van der Waals surface area contributed by atoms with Gasteiger partial charge in [-0.05, 0) is 59.2 Å². The van der Waals surface area contributed by atoms with Gasteiger partial charge in [0.05, 0.1) is 29.4 Å². The maximum absolute atomic E-state index is 13.5. The normalized spacial score (nSPS) is 20.4. The number of nitrogens with zero attached hydrogens (tertiary/aromatic N) is 5. The van der Waals surface area contributed by atoms with E-state index in [1.54, 1.807) is 19.2 Å². The number of esters is 1. The molecule has 1 aliphatic rings. The molecule has 3 atom stereocenters. The quantitative estimate of drug-likeness (QED) is 0.377. The van der Waals surface area contributed by atoms with Crippen molar-refractivity contribution in [3.05, 3.63) is 64.7 Å². The zero-order valence-electron chi connectivity index (χ0n) is 18.1. The lowest BCUT2D eigenvalue weighted by atomic mass is 9.86. The van der Waals surface area contributed by atoms with Crippen molar-refractivity contribution in [3.63, 3.8) is 0 Å². The van der Waals surface area contributed by atoms with Crippen LogP contribution in [0.15, 0.2) is 42.5 Å². The Kier molecular flexibility index (Phi) is 6.48. The molecular formula is C22H20ClF4N5O2. The largest absolute Gasteiger partial charge is 0.469 e. The second kappa shape index (κ2) is 9.21. The molecule has 0 radical (unpaired) electrons. The molecular weight excluding hydrogens is 478 g/mol. The van der Waals surface area contributed by atoms with E-state index in [-0.39, 0.29) is 23.6 Å². The molecule has 0 aliphatic heterocycles. The zero-order chi connectivity index (χ0) is 24.6. The van der Waals surface area contributed by atoms with Gasteiger partial charge in [-0.15, -0.1) is 5.10 Å². The van der Waals surface area contributed by atoms with E-state index in [9.17, 15) is 22.4 Å². The monoisotopic (exact) mass is 497 g/mol. The summed E-state index contributed by atoms with van der Waals surface area (Å²) in [5.74, 6) is -2.87. The van der Waals surface area contributed by atoms with E-state index in [4.69, 9.17) is 16.3 Å². The van der Waals surface area contributed by atoms with Gasteiger partial charge in [-0.1, -0.05) is 23.7 Å². The highest BCUT2D eigenvalue weighted by Gasteiger charge is 2.44. The van der Waals surface area contributed by atoms with Crippen LogP contribution < -0.4 is 4.90 Å². The van der Waals surface area contributed by atoms with Crippen molar-refractivity contribution < 1.29 is 27.1 Å². The van der Waals surface area contributed by atoms with E-state index in [2.05, 4.69) is 15.5 Å². The molecule has 0 bridgehead atoms. The van der Waals surface area contributed by atoms with Crippen LogP contribution in [0, 0.1) is 11.7 Å². The second-order valence-electron chi connectivity index (χ2n) is 8.01. The van der Waals surface area contributed by atoms with Crippen molar-refractivity contribution in [2.45, 2.75) is 31.0 Å². The summed E-state index contributed by atoms with van der Waals surface area (Å²) in [6.07, 6.45) is -3.65. The number of halogens is 5.